The van der Waals surface area contributed by atoms with Crippen molar-refractivity contribution in [3.8, 4) is 11.5 Å². The first-order chi connectivity index (χ1) is 9.20. The molecule has 0 aliphatic rings. The van der Waals surface area contributed by atoms with Crippen LogP contribution in [0.2, 0.25) is 0 Å². The smallest absolute Gasteiger partial charge is 0.265 e. The zero-order chi connectivity index (χ0) is 15.5. The van der Waals surface area contributed by atoms with E-state index in [1.807, 2.05) is 0 Å². The van der Waals surface area contributed by atoms with E-state index < -0.39 is 15.0 Å². The van der Waals surface area contributed by atoms with E-state index in [1.54, 1.807) is 13.8 Å². The third-order valence-corrected chi connectivity index (χ3v) is 3.76. The fraction of sp³-hybridized carbons (Fsp3) is 0.417. The summed E-state index contributed by atoms with van der Waals surface area (Å²) in [4.78, 5) is 11.8. The third-order valence-electron chi connectivity index (χ3n) is 2.41. The second kappa shape index (κ2) is 6.32. The van der Waals surface area contributed by atoms with Gasteiger partial charge in [0.2, 0.25) is 0 Å². The number of ether oxygens (including phenoxy) is 2. The quantitative estimate of drug-likeness (QED) is 0.836. The normalized spacial score (nSPS) is 11.3. The molecule has 112 valence electrons. The number of nitrogens with one attached hydrogen (secondary N) is 1. The summed E-state index contributed by atoms with van der Waals surface area (Å²) in [6, 6.07) is 2.34. The minimum atomic E-state index is -4.04. The van der Waals surface area contributed by atoms with Gasteiger partial charge in [-0.15, -0.1) is 0 Å². The lowest BCUT2D eigenvalue weighted by molar-refractivity contribution is 0.0939. The van der Waals surface area contributed by atoms with Crippen LogP contribution in [0.5, 0.6) is 11.5 Å². The minimum Gasteiger partial charge on any atom is -0.496 e. The molecule has 0 bridgehead atoms. The van der Waals surface area contributed by atoms with Crippen LogP contribution < -0.4 is 14.8 Å². The average molecular weight is 322 g/mol. The molecule has 0 radical (unpaired) electrons. The number of methoxy groups -OCH3 is 2. The number of rotatable bonds is 5. The van der Waals surface area contributed by atoms with Crippen molar-refractivity contribution in [1.82, 2.24) is 5.32 Å². The van der Waals surface area contributed by atoms with Crippen molar-refractivity contribution in [3.63, 3.8) is 0 Å². The van der Waals surface area contributed by atoms with Crippen molar-refractivity contribution in [1.29, 1.82) is 0 Å². The maximum Gasteiger partial charge on any atom is 0.265 e. The molecule has 1 aromatic rings. The Labute approximate surface area is 122 Å². The molecule has 8 heteroatoms. The molecule has 0 atom stereocenters. The highest BCUT2D eigenvalue weighted by atomic mass is 35.7. The van der Waals surface area contributed by atoms with Crippen LogP contribution in [0, 0.1) is 0 Å². The number of carbonyl (C=O) groups is 1. The maximum atomic E-state index is 12.0. The van der Waals surface area contributed by atoms with E-state index in [-0.39, 0.29) is 28.0 Å². The van der Waals surface area contributed by atoms with E-state index >= 15 is 0 Å². The van der Waals surface area contributed by atoms with Gasteiger partial charge in [-0.3, -0.25) is 4.79 Å². The lowest BCUT2D eigenvalue weighted by atomic mass is 10.1. The van der Waals surface area contributed by atoms with E-state index in [0.29, 0.717) is 0 Å². The van der Waals surface area contributed by atoms with Crippen molar-refractivity contribution in [2.45, 2.75) is 24.8 Å². The summed E-state index contributed by atoms with van der Waals surface area (Å²) in [6.07, 6.45) is 0. The van der Waals surface area contributed by atoms with Gasteiger partial charge in [0.25, 0.3) is 15.0 Å². The summed E-state index contributed by atoms with van der Waals surface area (Å²) in [6.45, 7) is 3.57. The molecule has 6 nitrogen and oxygen atoms in total. The molecule has 0 aromatic heterocycles. The van der Waals surface area contributed by atoms with Crippen molar-refractivity contribution < 1.29 is 22.7 Å². The third kappa shape index (κ3) is 3.77. The Morgan fingerprint density at radius 3 is 2.15 bits per heavy atom. The Morgan fingerprint density at radius 1 is 1.20 bits per heavy atom. The molecule has 0 fully saturated rings. The molecule has 0 saturated carbocycles. The molecular weight excluding hydrogens is 306 g/mol. The van der Waals surface area contributed by atoms with Crippen LogP contribution in [-0.4, -0.2) is 34.6 Å². The van der Waals surface area contributed by atoms with Gasteiger partial charge in [-0.1, -0.05) is 0 Å². The highest BCUT2D eigenvalue weighted by Gasteiger charge is 2.23. The summed E-state index contributed by atoms with van der Waals surface area (Å²) in [5, 5.41) is 2.65. The lowest BCUT2D eigenvalue weighted by Crippen LogP contribution is -2.30. The molecule has 1 rings (SSSR count). The SMILES string of the molecule is COc1cc(OC)c(S(=O)(=O)Cl)cc1C(=O)NC(C)C. The fourth-order valence-corrected chi connectivity index (χ4v) is 2.58. The van der Waals surface area contributed by atoms with Gasteiger partial charge in [0, 0.05) is 22.8 Å². The molecular formula is C12H16ClNO5S. The first-order valence-electron chi connectivity index (χ1n) is 5.72. The predicted molar refractivity (Wildman–Crippen MR) is 75.2 cm³/mol. The number of hydrogen-bond donors (Lipinski definition) is 1. The van der Waals surface area contributed by atoms with Gasteiger partial charge in [0.05, 0.1) is 19.8 Å². The first kappa shape index (κ1) is 16.6. The Bertz CT molecular complexity index is 613. The number of carbonyl (C=O) groups excluding carboxylic acids is 1. The van der Waals surface area contributed by atoms with Gasteiger partial charge in [0.15, 0.2) is 0 Å². The number of benzene rings is 1. The van der Waals surface area contributed by atoms with Crippen molar-refractivity contribution in [2.75, 3.05) is 14.2 Å². The molecule has 1 N–H and O–H groups in total. The van der Waals surface area contributed by atoms with Crippen LogP contribution in [0.3, 0.4) is 0 Å². The summed E-state index contributed by atoms with van der Waals surface area (Å²) in [5.74, 6) is -0.247. The molecule has 0 aliphatic carbocycles. The van der Waals surface area contributed by atoms with Crippen LogP contribution in [0.1, 0.15) is 24.2 Å². The van der Waals surface area contributed by atoms with Crippen molar-refractivity contribution in [3.05, 3.63) is 17.7 Å². The standard InChI is InChI=1S/C12H16ClNO5S/c1-7(2)14-12(15)8-5-11(20(13,16)17)10(19-4)6-9(8)18-3/h5-7H,1-4H3,(H,14,15). The topological polar surface area (TPSA) is 81.7 Å². The van der Waals surface area contributed by atoms with Gasteiger partial charge < -0.3 is 14.8 Å². The summed E-state index contributed by atoms with van der Waals surface area (Å²) >= 11 is 0. The van der Waals surface area contributed by atoms with Gasteiger partial charge in [-0.2, -0.15) is 0 Å². The van der Waals surface area contributed by atoms with Crippen LogP contribution in [0.4, 0.5) is 0 Å². The molecule has 0 aliphatic heterocycles. The summed E-state index contributed by atoms with van der Waals surface area (Å²) < 4.78 is 33.1. The van der Waals surface area contributed by atoms with Crippen molar-refractivity contribution >= 4 is 25.6 Å². The van der Waals surface area contributed by atoms with Crippen molar-refractivity contribution in [2.24, 2.45) is 0 Å². The molecule has 0 unspecified atom stereocenters. The highest BCUT2D eigenvalue weighted by molar-refractivity contribution is 8.13. The van der Waals surface area contributed by atoms with Gasteiger partial charge >= 0.3 is 0 Å². The molecule has 20 heavy (non-hydrogen) atoms. The van der Waals surface area contributed by atoms with Gasteiger partial charge in [0.1, 0.15) is 16.4 Å². The molecule has 0 saturated heterocycles. The Hall–Kier alpha value is -1.47. The second-order valence-electron chi connectivity index (χ2n) is 4.27. The molecule has 0 heterocycles. The number of hydrogen-bond acceptors (Lipinski definition) is 5. The Morgan fingerprint density at radius 2 is 1.75 bits per heavy atom. The largest absolute Gasteiger partial charge is 0.496 e. The lowest BCUT2D eigenvalue weighted by Gasteiger charge is -2.14. The Kier molecular flexibility index (Phi) is 5.24. The van der Waals surface area contributed by atoms with Crippen LogP contribution in [-0.2, 0) is 9.05 Å². The van der Waals surface area contributed by atoms with E-state index in [4.69, 9.17) is 20.2 Å². The van der Waals surface area contributed by atoms with E-state index in [1.165, 1.54) is 20.3 Å². The van der Waals surface area contributed by atoms with E-state index in [0.717, 1.165) is 6.07 Å². The zero-order valence-electron chi connectivity index (χ0n) is 11.6. The first-order valence-corrected chi connectivity index (χ1v) is 8.03. The second-order valence-corrected chi connectivity index (χ2v) is 6.80. The minimum absolute atomic E-state index is 0.0120. The Balaban J connectivity index is 3.47. The summed E-state index contributed by atoms with van der Waals surface area (Å²) in [5.41, 5.74) is 0.0706. The van der Waals surface area contributed by atoms with Crippen LogP contribution in [0.15, 0.2) is 17.0 Å². The van der Waals surface area contributed by atoms with Gasteiger partial charge in [-0.05, 0) is 19.9 Å². The fourth-order valence-electron chi connectivity index (χ4n) is 1.58. The number of amides is 1. The average Bonchev–Trinajstić information content (AvgIpc) is 2.34. The van der Waals surface area contributed by atoms with E-state index in [2.05, 4.69) is 5.32 Å². The zero-order valence-corrected chi connectivity index (χ0v) is 13.1. The molecule has 1 amide bonds. The monoisotopic (exact) mass is 321 g/mol. The highest BCUT2D eigenvalue weighted by Crippen LogP contribution is 2.33. The van der Waals surface area contributed by atoms with Crippen LogP contribution in [0.25, 0.3) is 0 Å². The predicted octanol–water partition coefficient (Wildman–Crippen LogP) is 1.77. The maximum absolute atomic E-state index is 12.0. The molecule has 0 spiro atoms. The molecule has 1 aromatic carbocycles. The summed E-state index contributed by atoms with van der Waals surface area (Å²) in [7, 11) is 3.97. The van der Waals surface area contributed by atoms with Gasteiger partial charge in [-0.25, -0.2) is 8.42 Å². The number of halogens is 1. The van der Waals surface area contributed by atoms with Crippen LogP contribution >= 0.6 is 10.7 Å². The van der Waals surface area contributed by atoms with E-state index in [9.17, 15) is 13.2 Å².